The van der Waals surface area contributed by atoms with Gasteiger partial charge in [-0.25, -0.2) is 9.97 Å². The molecule has 4 aromatic heterocycles. The van der Waals surface area contributed by atoms with Crippen LogP contribution in [0.1, 0.15) is 36.3 Å². The zero-order chi connectivity index (χ0) is 26.5. The predicted molar refractivity (Wildman–Crippen MR) is 151 cm³/mol. The molecule has 0 saturated carbocycles. The minimum absolute atomic E-state index is 0.0724. The van der Waals surface area contributed by atoms with Crippen LogP contribution in [-0.2, 0) is 6.54 Å². The maximum atomic E-state index is 12.7. The number of pyridine rings is 4. The molecule has 0 radical (unpaired) electrons. The lowest BCUT2D eigenvalue weighted by Crippen LogP contribution is -2.39. The first kappa shape index (κ1) is 26.1. The zero-order valence-corrected chi connectivity index (χ0v) is 22.5. The standard InChI is InChI=1S/C29H32N6O2S/c1-19-10-20(2)18-35(17-19)28-5-3-4-25(34-28)26-7-6-21-14-31-23(12-27(21)33-26)15-32-29(37)22-11-24(16-30-13-22)38-9-8-36/h3-7,11-14,16,19-20,36H,8-10,15,17-18H2,1-2H3,(H,32,37). The third-order valence-electron chi connectivity index (χ3n) is 6.59. The second-order valence-electron chi connectivity index (χ2n) is 9.96. The summed E-state index contributed by atoms with van der Waals surface area (Å²) in [5, 5.41) is 12.9. The fourth-order valence-electron chi connectivity index (χ4n) is 4.95. The number of hydrogen-bond acceptors (Lipinski definition) is 8. The molecule has 5 rings (SSSR count). The molecular weight excluding hydrogens is 496 g/mol. The molecule has 0 aromatic carbocycles. The first-order valence-electron chi connectivity index (χ1n) is 12.9. The number of rotatable bonds is 8. The van der Waals surface area contributed by atoms with Crippen molar-refractivity contribution in [3.63, 3.8) is 0 Å². The highest BCUT2D eigenvalue weighted by atomic mass is 32.2. The van der Waals surface area contributed by atoms with Gasteiger partial charge in [0, 0.05) is 47.7 Å². The van der Waals surface area contributed by atoms with E-state index in [1.54, 1.807) is 18.5 Å². The average molecular weight is 529 g/mol. The first-order chi connectivity index (χ1) is 18.5. The summed E-state index contributed by atoms with van der Waals surface area (Å²) >= 11 is 1.46. The van der Waals surface area contributed by atoms with E-state index in [-0.39, 0.29) is 19.1 Å². The maximum Gasteiger partial charge on any atom is 0.253 e. The van der Waals surface area contributed by atoms with Gasteiger partial charge in [-0.15, -0.1) is 11.8 Å². The van der Waals surface area contributed by atoms with Gasteiger partial charge in [0.2, 0.25) is 0 Å². The van der Waals surface area contributed by atoms with Crippen LogP contribution in [0, 0.1) is 11.8 Å². The molecule has 1 aliphatic rings. The summed E-state index contributed by atoms with van der Waals surface area (Å²) in [6, 6.07) is 13.8. The van der Waals surface area contributed by atoms with E-state index in [0.29, 0.717) is 28.8 Å². The van der Waals surface area contributed by atoms with Crippen LogP contribution in [-0.4, -0.2) is 56.4 Å². The highest BCUT2D eigenvalue weighted by molar-refractivity contribution is 7.99. The second-order valence-corrected chi connectivity index (χ2v) is 11.1. The lowest BCUT2D eigenvalue weighted by molar-refractivity contribution is 0.0950. The van der Waals surface area contributed by atoms with Crippen LogP contribution < -0.4 is 10.2 Å². The number of carbonyl (C=O) groups is 1. The van der Waals surface area contributed by atoms with E-state index in [1.165, 1.54) is 24.4 Å². The quantitative estimate of drug-likeness (QED) is 0.320. The molecule has 5 heterocycles. The van der Waals surface area contributed by atoms with Crippen LogP contribution in [0.25, 0.3) is 22.3 Å². The van der Waals surface area contributed by atoms with E-state index >= 15 is 0 Å². The van der Waals surface area contributed by atoms with Crippen molar-refractivity contribution in [3.8, 4) is 11.4 Å². The lowest BCUT2D eigenvalue weighted by atomic mass is 9.92. The molecule has 0 spiro atoms. The van der Waals surface area contributed by atoms with E-state index in [4.69, 9.17) is 15.1 Å². The number of hydrogen-bond donors (Lipinski definition) is 2. The monoisotopic (exact) mass is 528 g/mol. The van der Waals surface area contributed by atoms with Crippen LogP contribution in [0.3, 0.4) is 0 Å². The van der Waals surface area contributed by atoms with Gasteiger partial charge < -0.3 is 15.3 Å². The number of piperidine rings is 1. The van der Waals surface area contributed by atoms with Gasteiger partial charge in [-0.3, -0.25) is 14.8 Å². The fourth-order valence-corrected chi connectivity index (χ4v) is 5.62. The molecule has 1 saturated heterocycles. The van der Waals surface area contributed by atoms with Gasteiger partial charge in [0.05, 0.1) is 41.3 Å². The Labute approximate surface area is 227 Å². The van der Waals surface area contributed by atoms with E-state index in [9.17, 15) is 4.79 Å². The largest absolute Gasteiger partial charge is 0.396 e. The molecule has 2 unspecified atom stereocenters. The van der Waals surface area contributed by atoms with Crippen molar-refractivity contribution in [2.75, 3.05) is 30.3 Å². The van der Waals surface area contributed by atoms with Crippen LogP contribution in [0.2, 0.25) is 0 Å². The van der Waals surface area contributed by atoms with Gasteiger partial charge in [0.1, 0.15) is 5.82 Å². The molecule has 1 fully saturated rings. The predicted octanol–water partition coefficient (Wildman–Crippen LogP) is 4.58. The van der Waals surface area contributed by atoms with Crippen molar-refractivity contribution in [2.24, 2.45) is 11.8 Å². The Hall–Kier alpha value is -3.56. The summed E-state index contributed by atoms with van der Waals surface area (Å²) in [5.74, 6) is 2.63. The third kappa shape index (κ3) is 6.28. The summed E-state index contributed by atoms with van der Waals surface area (Å²) in [7, 11) is 0. The number of anilines is 1. The zero-order valence-electron chi connectivity index (χ0n) is 21.7. The number of thioether (sulfide) groups is 1. The molecule has 4 aromatic rings. The number of aliphatic hydroxyl groups excluding tert-OH is 1. The van der Waals surface area contributed by atoms with Crippen molar-refractivity contribution >= 4 is 34.4 Å². The number of carbonyl (C=O) groups excluding carboxylic acids is 1. The van der Waals surface area contributed by atoms with Gasteiger partial charge in [-0.2, -0.15) is 0 Å². The Kier molecular flexibility index (Phi) is 8.14. The van der Waals surface area contributed by atoms with Crippen molar-refractivity contribution in [1.82, 2.24) is 25.3 Å². The molecule has 8 nitrogen and oxygen atoms in total. The molecule has 1 amide bonds. The molecule has 2 atom stereocenters. The molecular formula is C29H32N6O2S. The van der Waals surface area contributed by atoms with E-state index in [2.05, 4.69) is 40.1 Å². The van der Waals surface area contributed by atoms with Gasteiger partial charge in [0.15, 0.2) is 0 Å². The summed E-state index contributed by atoms with van der Waals surface area (Å²) in [6.07, 6.45) is 6.25. The van der Waals surface area contributed by atoms with Gasteiger partial charge in [-0.1, -0.05) is 19.9 Å². The minimum atomic E-state index is -0.227. The van der Waals surface area contributed by atoms with Crippen LogP contribution in [0.5, 0.6) is 0 Å². The normalized spacial score (nSPS) is 17.5. The first-order valence-corrected chi connectivity index (χ1v) is 13.9. The molecule has 0 bridgehead atoms. The number of fused-ring (bicyclic) bond motifs is 1. The van der Waals surface area contributed by atoms with Crippen LogP contribution in [0.4, 0.5) is 5.82 Å². The summed E-state index contributed by atoms with van der Waals surface area (Å²) in [6.45, 7) is 7.00. The Morgan fingerprint density at radius 2 is 1.87 bits per heavy atom. The smallest absolute Gasteiger partial charge is 0.253 e. The van der Waals surface area contributed by atoms with E-state index < -0.39 is 0 Å². The van der Waals surface area contributed by atoms with Crippen molar-refractivity contribution in [1.29, 1.82) is 0 Å². The van der Waals surface area contributed by atoms with Crippen LogP contribution >= 0.6 is 11.8 Å². The molecule has 196 valence electrons. The SMILES string of the molecule is CC1CC(C)CN(c2cccc(-c3ccc4cnc(CNC(=O)c5cncc(SCCO)c5)cc4n3)n2)C1. The molecule has 9 heteroatoms. The number of nitrogens with one attached hydrogen (secondary N) is 1. The van der Waals surface area contributed by atoms with Crippen LogP contribution in [0.15, 0.2) is 66.0 Å². The Morgan fingerprint density at radius 3 is 2.68 bits per heavy atom. The van der Waals surface area contributed by atoms with Crippen molar-refractivity contribution < 1.29 is 9.90 Å². The number of aromatic nitrogens is 4. The topological polar surface area (TPSA) is 104 Å². The molecule has 0 aliphatic carbocycles. The Bertz CT molecular complexity index is 1420. The third-order valence-corrected chi connectivity index (χ3v) is 7.53. The molecule has 1 aliphatic heterocycles. The average Bonchev–Trinajstić information content (AvgIpc) is 2.94. The minimum Gasteiger partial charge on any atom is -0.396 e. The van der Waals surface area contributed by atoms with Gasteiger partial charge in [-0.05, 0) is 54.7 Å². The summed E-state index contributed by atoms with van der Waals surface area (Å²) in [4.78, 5) is 34.4. The van der Waals surface area contributed by atoms with Crippen molar-refractivity contribution in [2.45, 2.75) is 31.7 Å². The maximum absolute atomic E-state index is 12.7. The van der Waals surface area contributed by atoms with E-state index in [0.717, 1.165) is 46.1 Å². The fraction of sp³-hybridized carbons (Fsp3) is 0.345. The van der Waals surface area contributed by atoms with E-state index in [1.807, 2.05) is 30.3 Å². The molecule has 2 N–H and O–H groups in total. The highest BCUT2D eigenvalue weighted by Crippen LogP contribution is 2.27. The Balaban J connectivity index is 1.31. The van der Waals surface area contributed by atoms with Gasteiger partial charge >= 0.3 is 0 Å². The lowest BCUT2D eigenvalue weighted by Gasteiger charge is -2.35. The number of amides is 1. The summed E-state index contributed by atoms with van der Waals surface area (Å²) < 4.78 is 0. The highest BCUT2D eigenvalue weighted by Gasteiger charge is 2.23. The molecule has 38 heavy (non-hydrogen) atoms. The van der Waals surface area contributed by atoms with Gasteiger partial charge in [0.25, 0.3) is 5.91 Å². The summed E-state index contributed by atoms with van der Waals surface area (Å²) in [5.41, 5.74) is 3.64. The Morgan fingerprint density at radius 1 is 1.05 bits per heavy atom. The number of aliphatic hydroxyl groups is 1. The number of nitrogens with zero attached hydrogens (tertiary/aromatic N) is 5. The van der Waals surface area contributed by atoms with Crippen molar-refractivity contribution in [3.05, 3.63) is 72.3 Å². The second kappa shape index (κ2) is 11.9.